The average molecular weight is 721 g/mol. The molecule has 49 heavy (non-hydrogen) atoms. The van der Waals surface area contributed by atoms with Gasteiger partial charge >= 0.3 is 0 Å². The quantitative estimate of drug-likeness (QED) is 0.105. The van der Waals surface area contributed by atoms with Crippen LogP contribution in [0.3, 0.4) is 0 Å². The summed E-state index contributed by atoms with van der Waals surface area (Å²) in [7, 11) is 1.26. The standard InChI is InChI=1S/C28H48O21/c1-7-12(32)15(35)17(37)26(44-7)47-21-11(31)6-42-25(18(21)38)46-20-8(2)45-27(49-23-14(34)10(30)5-43-28(23)40-3)19(39)22(20)48-24-16(36)13(33)9(29)4-41-24/h7-39H,4-6H2,1-3H3/t7-,8-,9+,10-,11+,12-,13-,14-,15+,16+,17+,18+,19+,20-,21-,22-,23+,24-,25-,26-,27-,28-/m0/s1. The molecule has 5 heterocycles. The van der Waals surface area contributed by atoms with Crippen LogP contribution < -0.4 is 0 Å². The first-order valence-corrected chi connectivity index (χ1v) is 15.9. The van der Waals surface area contributed by atoms with Crippen LogP contribution in [0.15, 0.2) is 0 Å². The molecule has 5 aliphatic heterocycles. The normalized spacial score (nSPS) is 54.5. The van der Waals surface area contributed by atoms with Crippen LogP contribution in [0, 0.1) is 0 Å². The summed E-state index contributed by atoms with van der Waals surface area (Å²) in [5.74, 6) is 0. The molecular formula is C28H48O21. The van der Waals surface area contributed by atoms with Gasteiger partial charge in [0.05, 0.1) is 32.0 Å². The summed E-state index contributed by atoms with van der Waals surface area (Å²) in [5, 5.41) is 115. The van der Waals surface area contributed by atoms with Crippen LogP contribution >= 0.6 is 0 Å². The number of rotatable bonds is 9. The Labute approximate surface area is 279 Å². The topological polar surface area (TPSA) is 315 Å². The van der Waals surface area contributed by atoms with Crippen molar-refractivity contribution in [2.24, 2.45) is 0 Å². The molecule has 0 aliphatic carbocycles. The average Bonchev–Trinajstić information content (AvgIpc) is 3.07. The fourth-order valence-electron chi connectivity index (χ4n) is 6.26. The molecule has 5 fully saturated rings. The number of methoxy groups -OCH3 is 1. The van der Waals surface area contributed by atoms with Crippen LogP contribution in [0.25, 0.3) is 0 Å². The van der Waals surface area contributed by atoms with E-state index in [0.717, 1.165) is 0 Å². The van der Waals surface area contributed by atoms with Crippen LogP contribution in [0.1, 0.15) is 13.8 Å². The lowest BCUT2D eigenvalue weighted by Gasteiger charge is -2.49. The highest BCUT2D eigenvalue weighted by atomic mass is 16.8. The molecule has 0 aromatic carbocycles. The van der Waals surface area contributed by atoms with Gasteiger partial charge in [-0.25, -0.2) is 0 Å². The van der Waals surface area contributed by atoms with Gasteiger partial charge in [-0.15, -0.1) is 0 Å². The summed E-state index contributed by atoms with van der Waals surface area (Å²) >= 11 is 0. The van der Waals surface area contributed by atoms with E-state index in [4.69, 9.17) is 47.4 Å². The Bertz CT molecular complexity index is 1040. The summed E-state index contributed by atoms with van der Waals surface area (Å²) in [4.78, 5) is 0. The molecule has 0 spiro atoms. The molecule has 286 valence electrons. The van der Waals surface area contributed by atoms with Crippen molar-refractivity contribution in [3.63, 3.8) is 0 Å². The molecule has 5 rings (SSSR count). The van der Waals surface area contributed by atoms with Crippen molar-refractivity contribution in [1.82, 2.24) is 0 Å². The van der Waals surface area contributed by atoms with Gasteiger partial charge in [0.25, 0.3) is 0 Å². The maximum Gasteiger partial charge on any atom is 0.187 e. The van der Waals surface area contributed by atoms with E-state index in [-0.39, 0.29) is 6.61 Å². The number of hydrogen-bond acceptors (Lipinski definition) is 21. The molecule has 0 saturated carbocycles. The van der Waals surface area contributed by atoms with Gasteiger partial charge in [0.15, 0.2) is 31.5 Å². The predicted molar refractivity (Wildman–Crippen MR) is 150 cm³/mol. The summed E-state index contributed by atoms with van der Waals surface area (Å²) in [6.45, 7) is 1.66. The molecule has 21 heteroatoms. The van der Waals surface area contributed by atoms with Crippen LogP contribution in [0.5, 0.6) is 0 Å². The minimum absolute atomic E-state index is 0.271. The van der Waals surface area contributed by atoms with Crippen molar-refractivity contribution < 1.29 is 104 Å². The van der Waals surface area contributed by atoms with Gasteiger partial charge in [0, 0.05) is 7.11 Å². The Morgan fingerprint density at radius 1 is 0.388 bits per heavy atom. The Morgan fingerprint density at radius 2 is 0.837 bits per heavy atom. The maximum atomic E-state index is 11.5. The molecular weight excluding hydrogens is 672 g/mol. The fourth-order valence-corrected chi connectivity index (χ4v) is 6.26. The van der Waals surface area contributed by atoms with Crippen molar-refractivity contribution in [2.45, 2.75) is 149 Å². The second-order valence-corrected chi connectivity index (χ2v) is 12.8. The first kappa shape index (κ1) is 39.4. The monoisotopic (exact) mass is 720 g/mol. The SMILES string of the molecule is CO[C@H]1OC[C@H](O)[C@H](O)[C@H]1O[C@@H]1O[C@@H](C)[C@H](O[C@@H]2OC[C@@H](O)[C@H](O[C@@H]3O[C@@H](C)[C@H](O)[C@@H](O)[C@H]3O)[C@H]2O)[C@@H](O[C@@H]2OC[C@@H](O)[C@H](O)[C@H]2O)[C@H]1O. The molecule has 0 unspecified atom stereocenters. The summed E-state index contributed by atoms with van der Waals surface area (Å²) in [6, 6.07) is 0. The molecule has 21 nitrogen and oxygen atoms in total. The minimum atomic E-state index is -1.84. The Morgan fingerprint density at radius 3 is 1.49 bits per heavy atom. The van der Waals surface area contributed by atoms with Crippen LogP contribution in [-0.2, 0) is 47.4 Å². The second-order valence-electron chi connectivity index (χ2n) is 12.8. The number of aliphatic hydroxyl groups excluding tert-OH is 11. The van der Waals surface area contributed by atoms with Crippen molar-refractivity contribution >= 4 is 0 Å². The molecule has 0 aromatic rings. The molecule has 22 atom stereocenters. The van der Waals surface area contributed by atoms with Crippen molar-refractivity contribution in [3.05, 3.63) is 0 Å². The van der Waals surface area contributed by atoms with Gasteiger partial charge in [-0.3, -0.25) is 0 Å². The zero-order valence-corrected chi connectivity index (χ0v) is 26.8. The minimum Gasteiger partial charge on any atom is -0.388 e. The van der Waals surface area contributed by atoms with Crippen LogP contribution in [0.2, 0.25) is 0 Å². The lowest BCUT2D eigenvalue weighted by Crippen LogP contribution is -2.66. The molecule has 0 bridgehead atoms. The third kappa shape index (κ3) is 8.22. The lowest BCUT2D eigenvalue weighted by molar-refractivity contribution is -0.393. The molecule has 0 aromatic heterocycles. The summed E-state index contributed by atoms with van der Waals surface area (Å²) in [6.07, 6.45) is -33.6. The van der Waals surface area contributed by atoms with Gasteiger partial charge in [-0.1, -0.05) is 0 Å². The number of aliphatic hydroxyl groups is 11. The molecule has 0 radical (unpaired) electrons. The highest BCUT2D eigenvalue weighted by Gasteiger charge is 2.54. The van der Waals surface area contributed by atoms with Gasteiger partial charge in [-0.05, 0) is 13.8 Å². The first-order valence-electron chi connectivity index (χ1n) is 15.9. The van der Waals surface area contributed by atoms with E-state index in [1.54, 1.807) is 0 Å². The second kappa shape index (κ2) is 16.4. The van der Waals surface area contributed by atoms with Crippen molar-refractivity contribution in [3.8, 4) is 0 Å². The summed E-state index contributed by atoms with van der Waals surface area (Å²) in [5.41, 5.74) is 0. The highest BCUT2D eigenvalue weighted by molar-refractivity contribution is 4.96. The van der Waals surface area contributed by atoms with Gasteiger partial charge in [-0.2, -0.15) is 0 Å². The van der Waals surface area contributed by atoms with E-state index in [2.05, 4.69) is 0 Å². The van der Waals surface area contributed by atoms with E-state index >= 15 is 0 Å². The Kier molecular flexibility index (Phi) is 13.2. The summed E-state index contributed by atoms with van der Waals surface area (Å²) < 4.78 is 56.1. The van der Waals surface area contributed by atoms with Crippen LogP contribution in [0.4, 0.5) is 0 Å². The van der Waals surface area contributed by atoms with Gasteiger partial charge in [0.1, 0.15) is 91.6 Å². The third-order valence-corrected chi connectivity index (χ3v) is 9.27. The maximum absolute atomic E-state index is 11.5. The molecule has 5 saturated heterocycles. The zero-order chi connectivity index (χ0) is 35.9. The molecule has 0 amide bonds. The van der Waals surface area contributed by atoms with Gasteiger partial charge in [0.2, 0.25) is 0 Å². The smallest absolute Gasteiger partial charge is 0.187 e. The van der Waals surface area contributed by atoms with Crippen LogP contribution in [-0.4, -0.2) is 218 Å². The zero-order valence-electron chi connectivity index (χ0n) is 26.8. The highest BCUT2D eigenvalue weighted by Crippen LogP contribution is 2.35. The lowest BCUT2D eigenvalue weighted by atomic mass is 9.97. The van der Waals surface area contributed by atoms with E-state index in [1.165, 1.54) is 21.0 Å². The number of hydrogen-bond donors (Lipinski definition) is 11. The number of ether oxygens (including phenoxy) is 10. The molecule has 11 N–H and O–H groups in total. The predicted octanol–water partition coefficient (Wildman–Crippen LogP) is -7.30. The van der Waals surface area contributed by atoms with E-state index in [9.17, 15) is 56.2 Å². The van der Waals surface area contributed by atoms with E-state index < -0.39 is 148 Å². The Balaban J connectivity index is 1.35. The third-order valence-electron chi connectivity index (χ3n) is 9.27. The van der Waals surface area contributed by atoms with Crippen molar-refractivity contribution in [1.29, 1.82) is 0 Å². The van der Waals surface area contributed by atoms with E-state index in [1.807, 2.05) is 0 Å². The van der Waals surface area contributed by atoms with Crippen molar-refractivity contribution in [2.75, 3.05) is 26.9 Å². The van der Waals surface area contributed by atoms with E-state index in [0.29, 0.717) is 0 Å². The largest absolute Gasteiger partial charge is 0.388 e. The van der Waals surface area contributed by atoms with Gasteiger partial charge < -0.3 is 104 Å². The Hall–Kier alpha value is -0.840. The molecule has 5 aliphatic rings. The first-order chi connectivity index (χ1) is 23.1. The fraction of sp³-hybridized carbons (Fsp3) is 1.00.